The van der Waals surface area contributed by atoms with E-state index in [9.17, 15) is 9.59 Å². The second-order valence-electron chi connectivity index (χ2n) is 3.49. The molecule has 1 rings (SSSR count). The number of nitrogens with zero attached hydrogens (tertiary/aromatic N) is 1. The van der Waals surface area contributed by atoms with E-state index in [1.165, 1.54) is 12.3 Å². The van der Waals surface area contributed by atoms with E-state index in [1.807, 2.05) is 0 Å². The van der Waals surface area contributed by atoms with Gasteiger partial charge in [-0.1, -0.05) is 23.2 Å². The van der Waals surface area contributed by atoms with Crippen molar-refractivity contribution < 1.29 is 14.7 Å². The van der Waals surface area contributed by atoms with E-state index in [-0.39, 0.29) is 28.3 Å². The zero-order valence-corrected chi connectivity index (χ0v) is 11.9. The van der Waals surface area contributed by atoms with Crippen molar-refractivity contribution in [2.45, 2.75) is 6.04 Å². The van der Waals surface area contributed by atoms with Gasteiger partial charge in [0, 0.05) is 11.9 Å². The lowest BCUT2D eigenvalue weighted by Gasteiger charge is -2.07. The topological polar surface area (TPSA) is 105 Å². The highest BCUT2D eigenvalue weighted by Crippen LogP contribution is 2.22. The molecule has 0 saturated heterocycles. The Bertz CT molecular complexity index is 487. The molecule has 0 fully saturated rings. The molecule has 1 unspecified atom stereocenters. The Morgan fingerprint density at radius 1 is 1.53 bits per heavy atom. The van der Waals surface area contributed by atoms with E-state index in [0.717, 1.165) is 11.8 Å². The minimum absolute atomic E-state index is 0.0572. The summed E-state index contributed by atoms with van der Waals surface area (Å²) in [5, 5.41) is 11.7. The fourth-order valence-corrected chi connectivity index (χ4v) is 2.22. The largest absolute Gasteiger partial charge is 0.480 e. The van der Waals surface area contributed by atoms with Gasteiger partial charge in [-0.15, -0.1) is 11.8 Å². The number of rotatable bonds is 6. The lowest BCUT2D eigenvalue weighted by atomic mass is 10.4. The predicted molar refractivity (Wildman–Crippen MR) is 75.8 cm³/mol. The van der Waals surface area contributed by atoms with Crippen LogP contribution in [0.5, 0.6) is 0 Å². The second kappa shape index (κ2) is 7.54. The van der Waals surface area contributed by atoms with Gasteiger partial charge < -0.3 is 16.2 Å². The van der Waals surface area contributed by atoms with Gasteiger partial charge in [0.15, 0.2) is 5.82 Å². The summed E-state index contributed by atoms with van der Waals surface area (Å²) in [5.41, 5.74) is 5.30. The molecule has 9 heteroatoms. The quantitative estimate of drug-likeness (QED) is 0.732. The maximum atomic E-state index is 11.5. The van der Waals surface area contributed by atoms with Crippen LogP contribution in [0.3, 0.4) is 0 Å². The molecule has 104 valence electrons. The summed E-state index contributed by atoms with van der Waals surface area (Å²) < 4.78 is 0. The Hall–Kier alpha value is -1.02. The molecule has 1 aromatic heterocycles. The standard InChI is InChI=1S/C10H11Cl2N3O3S/c11-5-1-6(12)9(14-2-5)15-8(16)4-19-3-7(13)10(17)18/h1-2,7H,3-4,13H2,(H,17,18)(H,14,15,16). The number of amides is 1. The highest BCUT2D eigenvalue weighted by atomic mass is 35.5. The Balaban J connectivity index is 2.41. The van der Waals surface area contributed by atoms with Crippen LogP contribution >= 0.6 is 35.0 Å². The lowest BCUT2D eigenvalue weighted by molar-refractivity contribution is -0.137. The molecule has 0 radical (unpaired) electrons. The van der Waals surface area contributed by atoms with Crippen LogP contribution in [0.2, 0.25) is 10.0 Å². The summed E-state index contributed by atoms with van der Waals surface area (Å²) in [7, 11) is 0. The fraction of sp³-hybridized carbons (Fsp3) is 0.300. The summed E-state index contributed by atoms with van der Waals surface area (Å²) >= 11 is 12.6. The molecule has 1 heterocycles. The van der Waals surface area contributed by atoms with Gasteiger partial charge in [-0.3, -0.25) is 9.59 Å². The Labute approximate surface area is 123 Å². The van der Waals surface area contributed by atoms with Crippen molar-refractivity contribution in [3.63, 3.8) is 0 Å². The van der Waals surface area contributed by atoms with Gasteiger partial charge in [-0.25, -0.2) is 4.98 Å². The average molecular weight is 324 g/mol. The normalized spacial score (nSPS) is 11.9. The van der Waals surface area contributed by atoms with Gasteiger partial charge >= 0.3 is 5.97 Å². The molecule has 4 N–H and O–H groups in total. The predicted octanol–water partition coefficient (Wildman–Crippen LogP) is 1.47. The van der Waals surface area contributed by atoms with Crippen LogP contribution in [0.1, 0.15) is 0 Å². The number of halogens is 2. The van der Waals surface area contributed by atoms with E-state index in [1.54, 1.807) is 0 Å². The molecule has 6 nitrogen and oxygen atoms in total. The number of hydrogen-bond donors (Lipinski definition) is 3. The summed E-state index contributed by atoms with van der Waals surface area (Å²) in [6.07, 6.45) is 1.36. The van der Waals surface area contributed by atoms with E-state index in [2.05, 4.69) is 10.3 Å². The van der Waals surface area contributed by atoms with Crippen molar-refractivity contribution >= 4 is 52.7 Å². The van der Waals surface area contributed by atoms with Gasteiger partial charge in [0.25, 0.3) is 0 Å². The van der Waals surface area contributed by atoms with Crippen LogP contribution < -0.4 is 11.1 Å². The van der Waals surface area contributed by atoms with Crippen LogP contribution in [0.25, 0.3) is 0 Å². The smallest absolute Gasteiger partial charge is 0.321 e. The molecular formula is C10H11Cl2N3O3S. The summed E-state index contributed by atoms with van der Waals surface area (Å²) in [6, 6.07) is 0.467. The Morgan fingerprint density at radius 2 is 2.21 bits per heavy atom. The number of nitrogens with two attached hydrogens (primary N) is 1. The van der Waals surface area contributed by atoms with Crippen LogP contribution in [-0.4, -0.2) is 39.5 Å². The van der Waals surface area contributed by atoms with Gasteiger partial charge in [0.05, 0.1) is 15.8 Å². The van der Waals surface area contributed by atoms with Crippen molar-refractivity contribution in [1.29, 1.82) is 0 Å². The molecule has 0 bridgehead atoms. The highest BCUT2D eigenvalue weighted by Gasteiger charge is 2.13. The van der Waals surface area contributed by atoms with Gasteiger partial charge in [-0.05, 0) is 6.07 Å². The third-order valence-electron chi connectivity index (χ3n) is 1.91. The van der Waals surface area contributed by atoms with Crippen LogP contribution in [0.15, 0.2) is 12.3 Å². The van der Waals surface area contributed by atoms with Crippen molar-refractivity contribution in [3.8, 4) is 0 Å². The van der Waals surface area contributed by atoms with Crippen molar-refractivity contribution in [2.75, 3.05) is 16.8 Å². The van der Waals surface area contributed by atoms with Gasteiger partial charge in [-0.2, -0.15) is 0 Å². The van der Waals surface area contributed by atoms with Gasteiger partial charge in [0.2, 0.25) is 5.91 Å². The van der Waals surface area contributed by atoms with Crippen molar-refractivity contribution in [2.24, 2.45) is 5.73 Å². The van der Waals surface area contributed by atoms with E-state index in [4.69, 9.17) is 34.0 Å². The molecule has 0 spiro atoms. The number of carboxylic acid groups (broad SMARTS) is 1. The average Bonchev–Trinajstić information content (AvgIpc) is 2.32. The number of carbonyl (C=O) groups is 2. The van der Waals surface area contributed by atoms with Crippen LogP contribution in [0.4, 0.5) is 5.82 Å². The number of thioether (sulfide) groups is 1. The third-order valence-corrected chi connectivity index (χ3v) is 3.47. The molecule has 0 aromatic carbocycles. The minimum Gasteiger partial charge on any atom is -0.480 e. The lowest BCUT2D eigenvalue weighted by Crippen LogP contribution is -2.33. The highest BCUT2D eigenvalue weighted by molar-refractivity contribution is 8.00. The zero-order valence-electron chi connectivity index (χ0n) is 9.60. The van der Waals surface area contributed by atoms with E-state index < -0.39 is 12.0 Å². The number of aliphatic carboxylic acids is 1. The third kappa shape index (κ3) is 5.65. The minimum atomic E-state index is -1.10. The van der Waals surface area contributed by atoms with E-state index >= 15 is 0 Å². The number of nitrogens with one attached hydrogen (secondary N) is 1. The number of carboxylic acids is 1. The second-order valence-corrected chi connectivity index (χ2v) is 5.37. The van der Waals surface area contributed by atoms with Crippen LogP contribution in [0, 0.1) is 0 Å². The molecule has 1 amide bonds. The molecule has 1 aromatic rings. The van der Waals surface area contributed by atoms with Crippen molar-refractivity contribution in [1.82, 2.24) is 4.98 Å². The Morgan fingerprint density at radius 3 is 2.79 bits per heavy atom. The molecule has 0 aliphatic rings. The summed E-state index contributed by atoms with van der Waals surface area (Å²) in [4.78, 5) is 25.9. The number of anilines is 1. The van der Waals surface area contributed by atoms with E-state index in [0.29, 0.717) is 5.02 Å². The number of pyridine rings is 1. The number of aromatic nitrogens is 1. The molecule has 0 aliphatic heterocycles. The van der Waals surface area contributed by atoms with Crippen molar-refractivity contribution in [3.05, 3.63) is 22.3 Å². The first-order valence-electron chi connectivity index (χ1n) is 5.07. The maximum absolute atomic E-state index is 11.5. The SMILES string of the molecule is NC(CSCC(=O)Nc1ncc(Cl)cc1Cl)C(=O)O. The first-order chi connectivity index (χ1) is 8.90. The summed E-state index contributed by atoms with van der Waals surface area (Å²) in [6.45, 7) is 0. The first kappa shape index (κ1) is 16.0. The maximum Gasteiger partial charge on any atom is 0.321 e. The molecular weight excluding hydrogens is 313 g/mol. The summed E-state index contributed by atoms with van der Waals surface area (Å²) in [5.74, 6) is -1.04. The Kier molecular flexibility index (Phi) is 6.36. The molecule has 0 aliphatic carbocycles. The fourth-order valence-electron chi connectivity index (χ4n) is 1.02. The monoisotopic (exact) mass is 323 g/mol. The molecule has 0 saturated carbocycles. The molecule has 1 atom stereocenters. The molecule has 19 heavy (non-hydrogen) atoms. The van der Waals surface area contributed by atoms with Crippen LogP contribution in [-0.2, 0) is 9.59 Å². The zero-order chi connectivity index (χ0) is 14.4. The number of hydrogen-bond acceptors (Lipinski definition) is 5. The first-order valence-corrected chi connectivity index (χ1v) is 6.98. The van der Waals surface area contributed by atoms with Gasteiger partial charge in [0.1, 0.15) is 6.04 Å². The number of carbonyl (C=O) groups excluding carboxylic acids is 1.